The predicted octanol–water partition coefficient (Wildman–Crippen LogP) is 0.868. The monoisotopic (exact) mass is 141 g/mol. The van der Waals surface area contributed by atoms with E-state index in [0.29, 0.717) is 6.20 Å². The average molecular weight is 141 g/mol. The third-order valence-electron chi connectivity index (χ3n) is 0.671. The lowest BCUT2D eigenvalue weighted by Crippen LogP contribution is -2.06. The van der Waals surface area contributed by atoms with Crippen LogP contribution in [0.15, 0.2) is 12.0 Å². The maximum atomic E-state index is 10.4. The van der Waals surface area contributed by atoms with E-state index in [1.54, 1.807) is 6.92 Å². The summed E-state index contributed by atoms with van der Waals surface area (Å²) in [6.07, 6.45) is 0.706. The molecule has 0 unspecified atom stereocenters. The van der Waals surface area contributed by atoms with Crippen molar-refractivity contribution in [2.24, 2.45) is 0 Å². The van der Waals surface area contributed by atoms with E-state index in [-0.39, 0.29) is 6.61 Å². The Bertz CT molecular complexity index is 190. The van der Waals surface area contributed by atoms with E-state index in [0.717, 1.165) is 0 Å². The number of carbonyl (C=O) groups is 1. The van der Waals surface area contributed by atoms with Crippen LogP contribution in [0.25, 0.3) is 4.85 Å². The quantitative estimate of drug-likeness (QED) is 0.268. The summed E-state index contributed by atoms with van der Waals surface area (Å²) in [6.45, 7) is 8.04. The van der Waals surface area contributed by atoms with Crippen LogP contribution in [0.1, 0.15) is 6.92 Å². The lowest BCUT2D eigenvalue weighted by Gasteiger charge is -1.97. The summed E-state index contributed by atoms with van der Waals surface area (Å²) in [5, 5.41) is 8.62. The molecule has 54 valence electrons. The summed E-state index contributed by atoms with van der Waals surface area (Å²) in [4.78, 5) is 13.1. The fourth-order valence-electron chi connectivity index (χ4n) is 0.319. The van der Waals surface area contributed by atoms with Crippen molar-refractivity contribution in [1.29, 1.82) is 0 Å². The van der Waals surface area contributed by atoms with Gasteiger partial charge in [-0.3, -0.25) is 0 Å². The van der Waals surface area contributed by atoms with Gasteiger partial charge in [-0.05, 0) is 6.92 Å². The summed E-state index contributed by atoms with van der Waals surface area (Å²) < 4.78 is 4.36. The van der Waals surface area contributed by atoms with Gasteiger partial charge in [0.05, 0.1) is 13.2 Å². The maximum absolute atomic E-state index is 10.4. The fourth-order valence-corrected chi connectivity index (χ4v) is 0.319. The van der Waals surface area contributed by atoms with Crippen LogP contribution in [-0.2, 0) is 9.53 Å². The molecule has 4 nitrogen and oxygen atoms in total. The van der Waals surface area contributed by atoms with Gasteiger partial charge in [0, 0.05) is 0 Å². The molecule has 4 heteroatoms. The van der Waals surface area contributed by atoms with Crippen LogP contribution in [0.2, 0.25) is 0 Å². The van der Waals surface area contributed by atoms with E-state index in [9.17, 15) is 4.79 Å². The Labute approximate surface area is 58.5 Å². The summed E-state index contributed by atoms with van der Waals surface area (Å²) in [5.74, 6) is -1.52. The molecule has 0 aliphatic carbocycles. The van der Waals surface area contributed by atoms with Gasteiger partial charge in [0.15, 0.2) is 0 Å². The molecule has 10 heavy (non-hydrogen) atoms. The van der Waals surface area contributed by atoms with Gasteiger partial charge in [-0.25, -0.2) is 9.64 Å². The maximum Gasteiger partial charge on any atom is 0.361 e. The minimum atomic E-state index is -0.862. The largest absolute Gasteiger partial charge is 0.514 e. The number of ether oxygens (including phenoxy) is 1. The van der Waals surface area contributed by atoms with Gasteiger partial charge < -0.3 is 9.84 Å². The zero-order valence-corrected chi connectivity index (χ0v) is 5.50. The van der Waals surface area contributed by atoms with Gasteiger partial charge in [-0.15, -0.1) is 0 Å². The Morgan fingerprint density at radius 2 is 2.50 bits per heavy atom. The molecule has 0 fully saturated rings. The van der Waals surface area contributed by atoms with Gasteiger partial charge in [0.1, 0.15) is 0 Å². The molecule has 0 atom stereocenters. The number of hydrogen-bond donors (Lipinski definition) is 1. The van der Waals surface area contributed by atoms with E-state index < -0.39 is 11.7 Å². The molecule has 0 bridgehead atoms. The van der Waals surface area contributed by atoms with E-state index in [1.807, 2.05) is 0 Å². The van der Waals surface area contributed by atoms with E-state index >= 15 is 0 Å². The van der Waals surface area contributed by atoms with Crippen LogP contribution >= 0.6 is 0 Å². The molecular weight excluding hydrogens is 134 g/mol. The second kappa shape index (κ2) is 4.39. The number of aliphatic hydroxyl groups is 1. The van der Waals surface area contributed by atoms with E-state index in [4.69, 9.17) is 11.7 Å². The molecule has 0 aromatic rings. The first-order valence-electron chi connectivity index (χ1n) is 2.65. The third kappa shape index (κ3) is 2.72. The summed E-state index contributed by atoms with van der Waals surface area (Å²) in [7, 11) is 0. The van der Waals surface area contributed by atoms with Crippen molar-refractivity contribution in [3.63, 3.8) is 0 Å². The molecule has 1 N–H and O–H groups in total. The van der Waals surface area contributed by atoms with Gasteiger partial charge in [0.25, 0.3) is 0 Å². The second-order valence-electron chi connectivity index (χ2n) is 1.36. The number of hydrogen-bond acceptors (Lipinski definition) is 3. The second-order valence-corrected chi connectivity index (χ2v) is 1.36. The van der Waals surface area contributed by atoms with Crippen LogP contribution in [-0.4, -0.2) is 17.7 Å². The average Bonchev–Trinajstić information content (AvgIpc) is 1.89. The fraction of sp³-hybridized carbons (Fsp3) is 0.333. The Morgan fingerprint density at radius 1 is 1.90 bits per heavy atom. The van der Waals surface area contributed by atoms with Crippen molar-refractivity contribution in [3.05, 3.63) is 23.4 Å². The van der Waals surface area contributed by atoms with Crippen LogP contribution in [0.5, 0.6) is 0 Å². The van der Waals surface area contributed by atoms with Crippen molar-refractivity contribution < 1.29 is 14.6 Å². The molecule has 0 aromatic carbocycles. The van der Waals surface area contributed by atoms with E-state index in [2.05, 4.69) is 9.58 Å². The van der Waals surface area contributed by atoms with Crippen LogP contribution in [0.3, 0.4) is 0 Å². The zero-order valence-electron chi connectivity index (χ0n) is 5.50. The van der Waals surface area contributed by atoms with Gasteiger partial charge in [-0.1, -0.05) is 0 Å². The smallest absolute Gasteiger partial charge is 0.361 e. The summed E-state index contributed by atoms with van der Waals surface area (Å²) in [6, 6.07) is 0. The first kappa shape index (κ1) is 8.50. The van der Waals surface area contributed by atoms with Gasteiger partial charge >= 0.3 is 5.97 Å². The Morgan fingerprint density at radius 3 is 2.90 bits per heavy atom. The molecule has 0 radical (unpaired) electrons. The summed E-state index contributed by atoms with van der Waals surface area (Å²) in [5.41, 5.74) is 0. The highest BCUT2D eigenvalue weighted by Gasteiger charge is 2.05. The number of nitrogens with zero attached hydrogens (tertiary/aromatic N) is 1. The lowest BCUT2D eigenvalue weighted by atomic mass is 10.5. The van der Waals surface area contributed by atoms with E-state index in [1.165, 1.54) is 0 Å². The SMILES string of the molecule is [C-]#[N+]C=C(O)C(=O)OCC. The molecule has 0 aliphatic heterocycles. The lowest BCUT2D eigenvalue weighted by molar-refractivity contribution is -0.141. The van der Waals surface area contributed by atoms with Crippen molar-refractivity contribution in [3.8, 4) is 0 Å². The topological polar surface area (TPSA) is 50.9 Å². The number of rotatable bonds is 2. The Kier molecular flexibility index (Phi) is 3.73. The predicted molar refractivity (Wildman–Crippen MR) is 33.9 cm³/mol. The molecule has 0 amide bonds. The normalized spacial score (nSPS) is 10.2. The first-order valence-corrected chi connectivity index (χ1v) is 2.65. The van der Waals surface area contributed by atoms with Crippen molar-refractivity contribution in [2.45, 2.75) is 6.92 Å². The third-order valence-corrected chi connectivity index (χ3v) is 0.671. The molecule has 0 saturated carbocycles. The molecular formula is C6H7NO3. The van der Waals surface area contributed by atoms with Crippen LogP contribution in [0, 0.1) is 6.57 Å². The minimum Gasteiger partial charge on any atom is -0.514 e. The standard InChI is InChI=1S/C6H7NO3/c1-3-10-6(9)5(8)4-7-2/h4,8H,3H2,1H3. The van der Waals surface area contributed by atoms with Gasteiger partial charge in [0.2, 0.25) is 12.0 Å². The van der Waals surface area contributed by atoms with Crippen molar-refractivity contribution in [1.82, 2.24) is 0 Å². The number of aliphatic hydroxyl groups excluding tert-OH is 1. The molecule has 0 saturated heterocycles. The van der Waals surface area contributed by atoms with Gasteiger partial charge in [-0.2, -0.15) is 0 Å². The highest BCUT2D eigenvalue weighted by Crippen LogP contribution is 1.92. The highest BCUT2D eigenvalue weighted by molar-refractivity contribution is 5.85. The minimum absolute atomic E-state index is 0.189. The number of carbonyl (C=O) groups excluding carboxylic acids is 1. The molecule has 0 aromatic heterocycles. The zero-order chi connectivity index (χ0) is 7.98. The summed E-state index contributed by atoms with van der Waals surface area (Å²) >= 11 is 0. The Balaban J connectivity index is 3.98. The van der Waals surface area contributed by atoms with Crippen molar-refractivity contribution in [2.75, 3.05) is 6.61 Å². The molecule has 0 rings (SSSR count). The van der Waals surface area contributed by atoms with Crippen LogP contribution < -0.4 is 0 Å². The molecule has 0 spiro atoms. The highest BCUT2D eigenvalue weighted by atomic mass is 16.5. The number of esters is 1. The van der Waals surface area contributed by atoms with Crippen molar-refractivity contribution >= 4 is 5.97 Å². The molecule has 0 heterocycles. The van der Waals surface area contributed by atoms with Crippen LogP contribution in [0.4, 0.5) is 0 Å². The first-order chi connectivity index (χ1) is 4.72. The Hall–Kier alpha value is -1.50. The molecule has 0 aliphatic rings.